The third-order valence-corrected chi connectivity index (χ3v) is 3.36. The highest BCUT2D eigenvalue weighted by molar-refractivity contribution is 6.35. The molecule has 0 bridgehead atoms. The van der Waals surface area contributed by atoms with Gasteiger partial charge in [0.2, 0.25) is 0 Å². The van der Waals surface area contributed by atoms with Crippen LogP contribution in [0.15, 0.2) is 18.2 Å². The van der Waals surface area contributed by atoms with Crippen molar-refractivity contribution in [2.24, 2.45) is 0 Å². The van der Waals surface area contributed by atoms with E-state index in [1.54, 1.807) is 12.1 Å². The van der Waals surface area contributed by atoms with Gasteiger partial charge in [-0.2, -0.15) is 0 Å². The highest BCUT2D eigenvalue weighted by Crippen LogP contribution is 2.22. The summed E-state index contributed by atoms with van der Waals surface area (Å²) in [6, 6.07) is 4.81. The lowest BCUT2D eigenvalue weighted by Gasteiger charge is -2.15. The van der Waals surface area contributed by atoms with E-state index in [0.29, 0.717) is 29.4 Å². The highest BCUT2D eigenvalue weighted by atomic mass is 35.5. The lowest BCUT2D eigenvalue weighted by molar-refractivity contribution is -0.137. The van der Waals surface area contributed by atoms with Crippen LogP contribution in [0.4, 0.5) is 4.79 Å². The summed E-state index contributed by atoms with van der Waals surface area (Å²) >= 11 is 11.9. The lowest BCUT2D eigenvalue weighted by Crippen LogP contribution is -2.42. The number of benzene rings is 1. The van der Waals surface area contributed by atoms with Gasteiger partial charge >= 0.3 is 12.0 Å². The molecule has 0 aliphatic heterocycles. The van der Waals surface area contributed by atoms with Crippen LogP contribution in [-0.2, 0) is 11.2 Å². The van der Waals surface area contributed by atoms with Gasteiger partial charge in [0.1, 0.15) is 0 Å². The van der Waals surface area contributed by atoms with E-state index in [1.807, 2.05) is 13.0 Å². The predicted molar refractivity (Wildman–Crippen MR) is 83.0 cm³/mol. The number of amides is 2. The molecule has 7 heteroatoms. The maximum atomic E-state index is 11.6. The summed E-state index contributed by atoms with van der Waals surface area (Å²) in [5, 5.41) is 15.0. The van der Waals surface area contributed by atoms with E-state index in [-0.39, 0.29) is 18.5 Å². The van der Waals surface area contributed by atoms with Crippen LogP contribution in [0.2, 0.25) is 10.0 Å². The van der Waals surface area contributed by atoms with Crippen LogP contribution in [0.3, 0.4) is 0 Å². The van der Waals surface area contributed by atoms with Crippen molar-refractivity contribution in [3.63, 3.8) is 0 Å². The number of urea groups is 1. The van der Waals surface area contributed by atoms with Crippen LogP contribution in [0.25, 0.3) is 0 Å². The van der Waals surface area contributed by atoms with Gasteiger partial charge in [0.05, 0.1) is 0 Å². The first kappa shape index (κ1) is 17.6. The molecule has 0 spiro atoms. The third kappa shape index (κ3) is 7.20. The Kier molecular flexibility index (Phi) is 7.32. The van der Waals surface area contributed by atoms with Crippen molar-refractivity contribution in [2.45, 2.75) is 32.2 Å². The number of carboxylic acids is 1. The summed E-state index contributed by atoms with van der Waals surface area (Å²) in [6.07, 6.45) is 1.02. The van der Waals surface area contributed by atoms with Crippen molar-refractivity contribution < 1.29 is 14.7 Å². The van der Waals surface area contributed by atoms with Crippen molar-refractivity contribution in [2.75, 3.05) is 6.54 Å². The minimum Gasteiger partial charge on any atom is -0.481 e. The number of nitrogens with one attached hydrogen (secondary N) is 2. The smallest absolute Gasteiger partial charge is 0.315 e. The van der Waals surface area contributed by atoms with Crippen molar-refractivity contribution >= 4 is 35.2 Å². The van der Waals surface area contributed by atoms with Gasteiger partial charge < -0.3 is 15.7 Å². The van der Waals surface area contributed by atoms with Crippen molar-refractivity contribution in [3.05, 3.63) is 33.8 Å². The first-order valence-electron chi connectivity index (χ1n) is 6.58. The van der Waals surface area contributed by atoms with E-state index in [2.05, 4.69) is 10.6 Å². The zero-order valence-corrected chi connectivity index (χ0v) is 13.2. The molecule has 1 rings (SSSR count). The molecule has 0 saturated heterocycles. The minimum atomic E-state index is -0.872. The molecule has 3 N–H and O–H groups in total. The summed E-state index contributed by atoms with van der Waals surface area (Å²) in [7, 11) is 0. The molecule has 1 aromatic carbocycles. The fourth-order valence-corrected chi connectivity index (χ4v) is 2.27. The van der Waals surface area contributed by atoms with Gasteiger partial charge in [-0.25, -0.2) is 4.79 Å². The molecule has 0 heterocycles. The second-order valence-corrected chi connectivity index (χ2v) is 5.58. The number of carbonyl (C=O) groups is 2. The van der Waals surface area contributed by atoms with Gasteiger partial charge in [-0.3, -0.25) is 4.79 Å². The minimum absolute atomic E-state index is 0.0379. The molecule has 0 aromatic heterocycles. The van der Waals surface area contributed by atoms with E-state index >= 15 is 0 Å². The quantitative estimate of drug-likeness (QED) is 0.671. The molecular weight excluding hydrogens is 315 g/mol. The number of carboxylic acid groups (broad SMARTS) is 1. The molecule has 2 amide bonds. The fourth-order valence-electron chi connectivity index (χ4n) is 1.78. The molecule has 0 saturated carbocycles. The van der Waals surface area contributed by atoms with Crippen molar-refractivity contribution in [3.8, 4) is 0 Å². The highest BCUT2D eigenvalue weighted by Gasteiger charge is 2.10. The molecule has 116 valence electrons. The summed E-state index contributed by atoms with van der Waals surface area (Å²) in [6.45, 7) is 2.19. The van der Waals surface area contributed by atoms with Gasteiger partial charge in [0.15, 0.2) is 0 Å². The Morgan fingerprint density at radius 2 is 2.05 bits per heavy atom. The van der Waals surface area contributed by atoms with Gasteiger partial charge in [-0.15, -0.1) is 0 Å². The summed E-state index contributed by atoms with van der Waals surface area (Å²) in [5.74, 6) is -0.872. The summed E-state index contributed by atoms with van der Waals surface area (Å²) in [5.41, 5.74) is 0.903. The molecule has 0 radical (unpaired) electrons. The first-order valence-corrected chi connectivity index (χ1v) is 7.34. The number of aliphatic carboxylic acids is 1. The number of hydrogen-bond acceptors (Lipinski definition) is 2. The Morgan fingerprint density at radius 3 is 2.67 bits per heavy atom. The van der Waals surface area contributed by atoms with E-state index in [4.69, 9.17) is 28.3 Å². The van der Waals surface area contributed by atoms with Crippen LogP contribution in [0.5, 0.6) is 0 Å². The van der Waals surface area contributed by atoms with E-state index < -0.39 is 5.97 Å². The maximum absolute atomic E-state index is 11.6. The number of carbonyl (C=O) groups excluding carboxylic acids is 1. The van der Waals surface area contributed by atoms with Crippen LogP contribution >= 0.6 is 23.2 Å². The first-order chi connectivity index (χ1) is 9.88. The molecule has 21 heavy (non-hydrogen) atoms. The van der Waals surface area contributed by atoms with Gasteiger partial charge in [-0.1, -0.05) is 29.3 Å². The largest absolute Gasteiger partial charge is 0.481 e. The Morgan fingerprint density at radius 1 is 1.33 bits per heavy atom. The summed E-state index contributed by atoms with van der Waals surface area (Å²) < 4.78 is 0. The predicted octanol–water partition coefficient (Wildman–Crippen LogP) is 3.09. The van der Waals surface area contributed by atoms with Gasteiger partial charge in [0, 0.05) is 29.1 Å². The van der Waals surface area contributed by atoms with Gasteiger partial charge in [-0.05, 0) is 37.5 Å². The van der Waals surface area contributed by atoms with Crippen molar-refractivity contribution in [1.29, 1.82) is 0 Å². The van der Waals surface area contributed by atoms with Crippen molar-refractivity contribution in [1.82, 2.24) is 10.6 Å². The zero-order chi connectivity index (χ0) is 15.8. The van der Waals surface area contributed by atoms with E-state index in [1.165, 1.54) is 0 Å². The van der Waals surface area contributed by atoms with E-state index in [9.17, 15) is 9.59 Å². The molecule has 5 nitrogen and oxygen atoms in total. The fraction of sp³-hybridized carbons (Fsp3) is 0.429. The average molecular weight is 333 g/mol. The Bertz CT molecular complexity index is 509. The number of rotatable bonds is 7. The second-order valence-electron chi connectivity index (χ2n) is 4.74. The SMILES string of the molecule is CC(Cc1ccc(Cl)cc1Cl)NC(=O)NCCCC(=O)O. The molecular formula is C14H18Cl2N2O3. The second kappa shape index (κ2) is 8.74. The molecule has 1 unspecified atom stereocenters. The molecule has 0 aliphatic carbocycles. The monoisotopic (exact) mass is 332 g/mol. The average Bonchev–Trinajstić information content (AvgIpc) is 2.38. The van der Waals surface area contributed by atoms with Crippen LogP contribution in [-0.4, -0.2) is 29.7 Å². The molecule has 1 atom stereocenters. The Balaban J connectivity index is 2.34. The summed E-state index contributed by atoms with van der Waals surface area (Å²) in [4.78, 5) is 21.9. The lowest BCUT2D eigenvalue weighted by atomic mass is 10.1. The number of hydrogen-bond donors (Lipinski definition) is 3. The van der Waals surface area contributed by atoms with Crippen LogP contribution < -0.4 is 10.6 Å². The zero-order valence-electron chi connectivity index (χ0n) is 11.7. The van der Waals surface area contributed by atoms with Gasteiger partial charge in [0.25, 0.3) is 0 Å². The van der Waals surface area contributed by atoms with Crippen LogP contribution in [0.1, 0.15) is 25.3 Å². The Hall–Kier alpha value is -1.46. The van der Waals surface area contributed by atoms with Crippen LogP contribution in [0, 0.1) is 0 Å². The normalized spacial score (nSPS) is 11.8. The molecule has 1 aromatic rings. The molecule has 0 fully saturated rings. The Labute approximate surface area is 133 Å². The third-order valence-electron chi connectivity index (χ3n) is 2.77. The molecule has 0 aliphatic rings. The topological polar surface area (TPSA) is 78.4 Å². The standard InChI is InChI=1S/C14H18Cl2N2O3/c1-9(7-10-4-5-11(15)8-12(10)16)18-14(21)17-6-2-3-13(19)20/h4-5,8-9H,2-3,6-7H2,1H3,(H,19,20)(H2,17,18,21). The van der Waals surface area contributed by atoms with E-state index in [0.717, 1.165) is 5.56 Å². The number of halogens is 2. The maximum Gasteiger partial charge on any atom is 0.315 e.